The van der Waals surface area contributed by atoms with Crippen molar-refractivity contribution >= 4 is 33.3 Å². The number of rotatable bonds is 4. The Morgan fingerprint density at radius 2 is 2.22 bits per heavy atom. The third-order valence-electron chi connectivity index (χ3n) is 2.50. The molecule has 0 radical (unpaired) electrons. The van der Waals surface area contributed by atoms with E-state index < -0.39 is 0 Å². The molecule has 0 bridgehead atoms. The molecule has 0 unspecified atom stereocenters. The van der Waals surface area contributed by atoms with Crippen LogP contribution in [0.4, 0.5) is 0 Å². The van der Waals surface area contributed by atoms with Crippen molar-refractivity contribution in [2.24, 2.45) is 0 Å². The maximum atomic E-state index is 12.1. The lowest BCUT2D eigenvalue weighted by Crippen LogP contribution is -2.10. The number of carbonyl (C=O) groups is 1. The molecular formula is C12H11BrClN3O. The summed E-state index contributed by atoms with van der Waals surface area (Å²) >= 11 is 9.24. The normalized spacial score (nSPS) is 10.6. The second-order valence-electron chi connectivity index (χ2n) is 3.75. The van der Waals surface area contributed by atoms with Crippen molar-refractivity contribution < 1.29 is 4.79 Å². The highest BCUT2D eigenvalue weighted by atomic mass is 79.9. The van der Waals surface area contributed by atoms with E-state index in [1.54, 1.807) is 22.9 Å². The van der Waals surface area contributed by atoms with E-state index in [1.807, 2.05) is 6.92 Å². The minimum atomic E-state index is -0.0269. The van der Waals surface area contributed by atoms with Crippen LogP contribution in [0.25, 0.3) is 0 Å². The zero-order chi connectivity index (χ0) is 13.1. The molecular weight excluding hydrogens is 318 g/mol. The van der Waals surface area contributed by atoms with Gasteiger partial charge in [0.1, 0.15) is 12.2 Å². The topological polar surface area (TPSA) is 47.8 Å². The van der Waals surface area contributed by atoms with E-state index >= 15 is 0 Å². The minimum absolute atomic E-state index is 0.0269. The Labute approximate surface area is 118 Å². The second kappa shape index (κ2) is 5.63. The van der Waals surface area contributed by atoms with E-state index in [4.69, 9.17) is 11.6 Å². The van der Waals surface area contributed by atoms with Crippen LogP contribution in [0.3, 0.4) is 0 Å². The maximum absolute atomic E-state index is 12.1. The van der Waals surface area contributed by atoms with E-state index in [2.05, 4.69) is 26.0 Å². The van der Waals surface area contributed by atoms with Crippen LogP contribution in [-0.2, 0) is 13.0 Å². The molecule has 94 valence electrons. The van der Waals surface area contributed by atoms with Crippen LogP contribution < -0.4 is 0 Å². The summed E-state index contributed by atoms with van der Waals surface area (Å²) in [5.41, 5.74) is 0.569. The van der Waals surface area contributed by atoms with Crippen molar-refractivity contribution in [3.05, 3.63) is 45.4 Å². The van der Waals surface area contributed by atoms with Crippen molar-refractivity contribution in [3.8, 4) is 0 Å². The van der Waals surface area contributed by atoms with Crippen molar-refractivity contribution in [2.75, 3.05) is 0 Å². The first-order valence-corrected chi connectivity index (χ1v) is 6.63. The first kappa shape index (κ1) is 13.2. The number of aryl methyl sites for hydroxylation is 1. The molecule has 1 aromatic heterocycles. The van der Waals surface area contributed by atoms with Gasteiger partial charge in [0.25, 0.3) is 0 Å². The molecule has 18 heavy (non-hydrogen) atoms. The molecule has 0 N–H and O–H groups in total. The van der Waals surface area contributed by atoms with E-state index in [-0.39, 0.29) is 12.2 Å². The summed E-state index contributed by atoms with van der Waals surface area (Å²) in [6.45, 7) is 2.65. The summed E-state index contributed by atoms with van der Waals surface area (Å²) in [5.74, 6) is 0.638. The van der Waals surface area contributed by atoms with Gasteiger partial charge in [0.2, 0.25) is 0 Å². The Morgan fingerprint density at radius 3 is 2.89 bits per heavy atom. The standard InChI is InChI=1S/C12H11BrClN3O/c1-2-17-12(15-7-16-17)6-11(18)8-3-9(13)5-10(14)4-8/h3-5,7H,2,6H2,1H3. The number of benzene rings is 1. The van der Waals surface area contributed by atoms with E-state index in [9.17, 15) is 4.79 Å². The number of aromatic nitrogens is 3. The third-order valence-corrected chi connectivity index (χ3v) is 3.17. The van der Waals surface area contributed by atoms with Crippen LogP contribution >= 0.6 is 27.5 Å². The number of nitrogens with zero attached hydrogens (tertiary/aromatic N) is 3. The van der Waals surface area contributed by atoms with Crippen LogP contribution in [0.15, 0.2) is 29.0 Å². The number of ketones is 1. The molecule has 0 saturated heterocycles. The fourth-order valence-corrected chi connectivity index (χ4v) is 2.51. The third kappa shape index (κ3) is 2.97. The number of Topliss-reactive ketones (excluding diaryl/α,β-unsaturated/α-hetero) is 1. The van der Waals surface area contributed by atoms with Crippen molar-refractivity contribution in [2.45, 2.75) is 19.9 Å². The summed E-state index contributed by atoms with van der Waals surface area (Å²) in [7, 11) is 0. The summed E-state index contributed by atoms with van der Waals surface area (Å²) in [6.07, 6.45) is 1.68. The largest absolute Gasteiger partial charge is 0.294 e. The molecule has 0 amide bonds. The quantitative estimate of drug-likeness (QED) is 0.810. The summed E-state index contributed by atoms with van der Waals surface area (Å²) < 4.78 is 2.49. The molecule has 2 aromatic rings. The monoisotopic (exact) mass is 327 g/mol. The van der Waals surface area contributed by atoms with Gasteiger partial charge >= 0.3 is 0 Å². The van der Waals surface area contributed by atoms with Gasteiger partial charge in [-0.3, -0.25) is 4.79 Å². The lowest BCUT2D eigenvalue weighted by Gasteiger charge is -2.04. The Morgan fingerprint density at radius 1 is 1.44 bits per heavy atom. The Balaban J connectivity index is 2.22. The van der Waals surface area contributed by atoms with Crippen LogP contribution in [0, 0.1) is 0 Å². The van der Waals surface area contributed by atoms with Gasteiger partial charge in [0.15, 0.2) is 5.78 Å². The van der Waals surface area contributed by atoms with Gasteiger partial charge in [0.05, 0.1) is 6.42 Å². The molecule has 0 aliphatic rings. The molecule has 2 rings (SSSR count). The Bertz CT molecular complexity index is 562. The fourth-order valence-electron chi connectivity index (χ4n) is 1.65. The Hall–Kier alpha value is -1.20. The molecule has 0 aliphatic heterocycles. The number of halogens is 2. The average Bonchev–Trinajstić information content (AvgIpc) is 2.75. The molecule has 6 heteroatoms. The molecule has 0 atom stereocenters. The minimum Gasteiger partial charge on any atom is -0.294 e. The van der Waals surface area contributed by atoms with E-state index in [0.717, 1.165) is 4.47 Å². The highest BCUT2D eigenvalue weighted by molar-refractivity contribution is 9.10. The van der Waals surface area contributed by atoms with Gasteiger partial charge in [-0.2, -0.15) is 5.10 Å². The van der Waals surface area contributed by atoms with Crippen LogP contribution in [0.5, 0.6) is 0 Å². The van der Waals surface area contributed by atoms with E-state index in [1.165, 1.54) is 6.33 Å². The first-order chi connectivity index (χ1) is 8.60. The van der Waals surface area contributed by atoms with Crippen molar-refractivity contribution in [3.63, 3.8) is 0 Å². The molecule has 0 spiro atoms. The van der Waals surface area contributed by atoms with Crippen LogP contribution in [-0.4, -0.2) is 20.5 Å². The van der Waals surface area contributed by atoms with Crippen molar-refractivity contribution in [1.82, 2.24) is 14.8 Å². The van der Waals surface area contributed by atoms with Gasteiger partial charge < -0.3 is 0 Å². The smallest absolute Gasteiger partial charge is 0.170 e. The van der Waals surface area contributed by atoms with E-state index in [0.29, 0.717) is 23.0 Å². The molecule has 0 fully saturated rings. The molecule has 4 nitrogen and oxygen atoms in total. The lowest BCUT2D eigenvalue weighted by molar-refractivity contribution is 0.0989. The predicted molar refractivity (Wildman–Crippen MR) is 72.9 cm³/mol. The van der Waals surface area contributed by atoms with Crippen LogP contribution in [0.2, 0.25) is 5.02 Å². The molecule has 1 aromatic carbocycles. The van der Waals surface area contributed by atoms with Gasteiger partial charge in [-0.25, -0.2) is 9.67 Å². The van der Waals surface area contributed by atoms with Gasteiger partial charge in [-0.1, -0.05) is 27.5 Å². The van der Waals surface area contributed by atoms with Crippen molar-refractivity contribution in [1.29, 1.82) is 0 Å². The number of hydrogen-bond donors (Lipinski definition) is 0. The van der Waals surface area contributed by atoms with Gasteiger partial charge in [-0.05, 0) is 25.1 Å². The number of carbonyl (C=O) groups excluding carboxylic acids is 1. The van der Waals surface area contributed by atoms with Crippen LogP contribution in [0.1, 0.15) is 23.1 Å². The lowest BCUT2D eigenvalue weighted by atomic mass is 10.1. The zero-order valence-electron chi connectivity index (χ0n) is 9.73. The highest BCUT2D eigenvalue weighted by Gasteiger charge is 2.12. The molecule has 1 heterocycles. The summed E-state index contributed by atoms with van der Waals surface area (Å²) in [5, 5.41) is 4.57. The highest BCUT2D eigenvalue weighted by Crippen LogP contribution is 2.20. The predicted octanol–water partition coefficient (Wildman–Crippen LogP) is 3.14. The first-order valence-electron chi connectivity index (χ1n) is 5.46. The maximum Gasteiger partial charge on any atom is 0.170 e. The second-order valence-corrected chi connectivity index (χ2v) is 5.10. The Kier molecular flexibility index (Phi) is 4.14. The molecule has 0 saturated carbocycles. The number of hydrogen-bond acceptors (Lipinski definition) is 3. The zero-order valence-corrected chi connectivity index (χ0v) is 12.1. The SMILES string of the molecule is CCn1ncnc1CC(=O)c1cc(Cl)cc(Br)c1. The molecule has 0 aliphatic carbocycles. The van der Waals surface area contributed by atoms with Gasteiger partial charge in [0, 0.05) is 21.6 Å². The summed E-state index contributed by atoms with van der Waals surface area (Å²) in [6, 6.07) is 5.15. The fraction of sp³-hybridized carbons (Fsp3) is 0.250. The summed E-state index contributed by atoms with van der Waals surface area (Å²) in [4.78, 5) is 16.2. The van der Waals surface area contributed by atoms with Gasteiger partial charge in [-0.15, -0.1) is 0 Å². The average molecular weight is 329 g/mol.